The maximum Gasteiger partial charge on any atom is 0.135 e. The molecule has 0 fully saturated rings. The summed E-state index contributed by atoms with van der Waals surface area (Å²) in [5, 5.41) is 16.3. The highest BCUT2D eigenvalue weighted by atomic mass is 35.5. The summed E-state index contributed by atoms with van der Waals surface area (Å²) < 4.78 is 6.65. The first-order valence-corrected chi connectivity index (χ1v) is 7.56. The van der Waals surface area contributed by atoms with Crippen LogP contribution in [-0.4, -0.2) is 26.1 Å². The second-order valence-electron chi connectivity index (χ2n) is 5.54. The molecular formula is C15H18ClN5O. The zero-order valence-corrected chi connectivity index (χ0v) is 13.6. The predicted octanol–water partition coefficient (Wildman–Crippen LogP) is 2.87. The normalized spacial score (nSPS) is 12.9. The van der Waals surface area contributed by atoms with Crippen molar-refractivity contribution in [1.82, 2.24) is 25.4 Å². The van der Waals surface area contributed by atoms with Crippen molar-refractivity contribution in [1.29, 1.82) is 0 Å². The average Bonchev–Trinajstić information content (AvgIpc) is 3.06. The van der Waals surface area contributed by atoms with Crippen LogP contribution in [0, 0.1) is 13.8 Å². The minimum Gasteiger partial charge on any atom is -0.308 e. The van der Waals surface area contributed by atoms with Crippen LogP contribution in [0.3, 0.4) is 0 Å². The van der Waals surface area contributed by atoms with Crippen LogP contribution < -0.4 is 5.32 Å². The van der Waals surface area contributed by atoms with Crippen molar-refractivity contribution in [2.45, 2.75) is 39.9 Å². The lowest BCUT2D eigenvalue weighted by Crippen LogP contribution is -2.30. The molecule has 0 aliphatic heterocycles. The Morgan fingerprint density at radius 3 is 2.77 bits per heavy atom. The Morgan fingerprint density at radius 1 is 1.27 bits per heavy atom. The maximum absolute atomic E-state index is 6.17. The number of hydrogen-bond donors (Lipinski definition) is 1. The fourth-order valence-electron chi connectivity index (χ4n) is 2.41. The Morgan fingerprint density at radius 2 is 2.05 bits per heavy atom. The van der Waals surface area contributed by atoms with E-state index in [0.29, 0.717) is 0 Å². The summed E-state index contributed by atoms with van der Waals surface area (Å²) >= 11 is 6.17. The highest BCUT2D eigenvalue weighted by Crippen LogP contribution is 2.19. The van der Waals surface area contributed by atoms with Gasteiger partial charge in [0, 0.05) is 12.6 Å². The van der Waals surface area contributed by atoms with Crippen LogP contribution in [0.2, 0.25) is 5.02 Å². The first-order chi connectivity index (χ1) is 10.5. The van der Waals surface area contributed by atoms with Gasteiger partial charge in [0.15, 0.2) is 0 Å². The van der Waals surface area contributed by atoms with Crippen molar-refractivity contribution < 1.29 is 4.63 Å². The molecule has 0 spiro atoms. The smallest absolute Gasteiger partial charge is 0.135 e. The van der Waals surface area contributed by atoms with Gasteiger partial charge in [-0.2, -0.15) is 5.10 Å². The number of halogens is 1. The van der Waals surface area contributed by atoms with Crippen molar-refractivity contribution in [3.63, 3.8) is 0 Å². The Bertz CT molecular complexity index is 794. The molecule has 0 unspecified atom stereocenters. The topological polar surface area (TPSA) is 68.8 Å². The molecule has 116 valence electrons. The molecule has 0 aliphatic rings. The molecular weight excluding hydrogens is 302 g/mol. The van der Waals surface area contributed by atoms with Crippen molar-refractivity contribution >= 4 is 22.6 Å². The third-order valence-corrected chi connectivity index (χ3v) is 4.26. The average molecular weight is 320 g/mol. The summed E-state index contributed by atoms with van der Waals surface area (Å²) in [5.41, 5.74) is 4.56. The zero-order valence-electron chi connectivity index (χ0n) is 12.8. The molecule has 0 aliphatic carbocycles. The molecule has 6 nitrogen and oxygen atoms in total. The predicted molar refractivity (Wildman–Crippen MR) is 84.8 cm³/mol. The van der Waals surface area contributed by atoms with Crippen molar-refractivity contribution in [2.24, 2.45) is 0 Å². The molecule has 1 N–H and O–H groups in total. The van der Waals surface area contributed by atoms with Gasteiger partial charge >= 0.3 is 0 Å². The number of hydrogen-bond acceptors (Lipinski definition) is 5. The van der Waals surface area contributed by atoms with E-state index in [4.69, 9.17) is 16.2 Å². The molecule has 0 amide bonds. The van der Waals surface area contributed by atoms with Gasteiger partial charge in [-0.05, 0) is 48.8 Å². The van der Waals surface area contributed by atoms with E-state index in [2.05, 4.69) is 27.7 Å². The van der Waals surface area contributed by atoms with E-state index in [1.54, 1.807) is 0 Å². The van der Waals surface area contributed by atoms with E-state index in [1.165, 1.54) is 0 Å². The van der Waals surface area contributed by atoms with Gasteiger partial charge in [-0.25, -0.2) is 4.63 Å². The summed E-state index contributed by atoms with van der Waals surface area (Å²) in [4.78, 5) is 0. The molecule has 3 aromatic rings. The quantitative estimate of drug-likeness (QED) is 0.783. The molecule has 1 atom stereocenters. The Hall–Kier alpha value is -1.92. The first-order valence-electron chi connectivity index (χ1n) is 7.18. The minimum atomic E-state index is 0.264. The van der Waals surface area contributed by atoms with E-state index in [1.807, 2.05) is 36.7 Å². The Kier molecular flexibility index (Phi) is 4.13. The molecule has 0 radical (unpaired) electrons. The molecule has 22 heavy (non-hydrogen) atoms. The third-order valence-electron chi connectivity index (χ3n) is 3.71. The molecule has 2 heterocycles. The summed E-state index contributed by atoms with van der Waals surface area (Å²) in [6.45, 7) is 7.55. The van der Waals surface area contributed by atoms with Gasteiger partial charge in [-0.15, -0.1) is 0 Å². The molecule has 3 rings (SSSR count). The van der Waals surface area contributed by atoms with Gasteiger partial charge in [0.2, 0.25) is 0 Å². The van der Waals surface area contributed by atoms with Crippen LogP contribution in [0.5, 0.6) is 0 Å². The number of rotatable bonds is 5. The van der Waals surface area contributed by atoms with Crippen LogP contribution in [0.25, 0.3) is 11.0 Å². The second-order valence-corrected chi connectivity index (χ2v) is 5.91. The second kappa shape index (κ2) is 6.06. The largest absolute Gasteiger partial charge is 0.308 e. The van der Waals surface area contributed by atoms with Gasteiger partial charge in [0.05, 0.1) is 23.0 Å². The van der Waals surface area contributed by atoms with E-state index < -0.39 is 0 Å². The van der Waals surface area contributed by atoms with Crippen molar-refractivity contribution in [2.75, 3.05) is 0 Å². The standard InChI is InChI=1S/C15H18ClN5O/c1-9(8-21-11(3)15(16)10(2)18-21)17-7-12-4-5-13-14(6-12)20-22-19-13/h4-6,9,17H,7-8H2,1-3H3/t9-/m0/s1. The molecule has 0 bridgehead atoms. The SMILES string of the molecule is Cc1nn(C[C@H](C)NCc2ccc3nonc3c2)c(C)c1Cl. The van der Waals surface area contributed by atoms with E-state index in [9.17, 15) is 0 Å². The van der Waals surface area contributed by atoms with Crippen molar-refractivity contribution in [3.8, 4) is 0 Å². The van der Waals surface area contributed by atoms with Crippen LogP contribution in [0.4, 0.5) is 0 Å². The lowest BCUT2D eigenvalue weighted by atomic mass is 10.2. The van der Waals surface area contributed by atoms with Crippen molar-refractivity contribution in [3.05, 3.63) is 40.2 Å². The van der Waals surface area contributed by atoms with Gasteiger partial charge in [-0.3, -0.25) is 4.68 Å². The molecule has 2 aromatic heterocycles. The summed E-state index contributed by atoms with van der Waals surface area (Å²) in [6, 6.07) is 6.17. The lowest BCUT2D eigenvalue weighted by molar-refractivity contribution is 0.315. The zero-order chi connectivity index (χ0) is 15.7. The fourth-order valence-corrected chi connectivity index (χ4v) is 2.54. The number of nitrogens with zero attached hydrogens (tertiary/aromatic N) is 4. The maximum atomic E-state index is 6.17. The summed E-state index contributed by atoms with van der Waals surface area (Å²) in [5.74, 6) is 0. The Balaban J connectivity index is 1.61. The molecule has 1 aromatic carbocycles. The monoisotopic (exact) mass is 319 g/mol. The van der Waals surface area contributed by atoms with Gasteiger partial charge < -0.3 is 5.32 Å². The molecule has 0 saturated carbocycles. The van der Waals surface area contributed by atoms with Crippen LogP contribution >= 0.6 is 11.6 Å². The Labute approximate surface area is 133 Å². The first kappa shape index (κ1) is 15.0. The van der Waals surface area contributed by atoms with Crippen LogP contribution in [0.1, 0.15) is 23.9 Å². The fraction of sp³-hybridized carbons (Fsp3) is 0.400. The van der Waals surface area contributed by atoms with Gasteiger partial charge in [0.25, 0.3) is 0 Å². The number of benzene rings is 1. The lowest BCUT2D eigenvalue weighted by Gasteiger charge is -2.15. The molecule has 7 heteroatoms. The third kappa shape index (κ3) is 2.98. The van der Waals surface area contributed by atoms with Crippen LogP contribution in [0.15, 0.2) is 22.8 Å². The highest BCUT2D eigenvalue weighted by Gasteiger charge is 2.11. The number of aromatic nitrogens is 4. The minimum absolute atomic E-state index is 0.264. The molecule has 0 saturated heterocycles. The van der Waals surface area contributed by atoms with E-state index in [-0.39, 0.29) is 6.04 Å². The van der Waals surface area contributed by atoms with Gasteiger partial charge in [-0.1, -0.05) is 17.7 Å². The highest BCUT2D eigenvalue weighted by molar-refractivity contribution is 6.31. The van der Waals surface area contributed by atoms with Crippen LogP contribution in [-0.2, 0) is 13.1 Å². The summed E-state index contributed by atoms with van der Waals surface area (Å²) in [7, 11) is 0. The number of nitrogens with one attached hydrogen (secondary N) is 1. The number of fused-ring (bicyclic) bond motifs is 1. The number of aryl methyl sites for hydroxylation is 1. The van der Waals surface area contributed by atoms with E-state index in [0.717, 1.165) is 46.1 Å². The van der Waals surface area contributed by atoms with Gasteiger partial charge in [0.1, 0.15) is 11.0 Å². The summed E-state index contributed by atoms with van der Waals surface area (Å²) in [6.07, 6.45) is 0. The van der Waals surface area contributed by atoms with E-state index >= 15 is 0 Å².